The van der Waals surface area contributed by atoms with E-state index in [1.165, 1.54) is 6.07 Å². The number of nitrogens with zero attached hydrogens (tertiary/aromatic N) is 5. The van der Waals surface area contributed by atoms with Gasteiger partial charge in [-0.2, -0.15) is 0 Å². The molecule has 1 amide bonds. The standard InChI is InChI=1S/C26H34FN9O/c1-16-31-21(12-23(32-16)36-9-3-4-18(29)15-36)22-14-30-25(33-22)26(37)34-20-6-2-5-19(27)24(20)35-10-7-17(13-28)8-11-35/h2,5-6,12,14,17-18H,3-4,7-11,13,15,28-29H2,1H3,(H,30,33)(H,34,37)/t18-/m1/s1. The number of aromatic amines is 1. The van der Waals surface area contributed by atoms with E-state index in [0.717, 1.165) is 44.6 Å². The number of benzene rings is 1. The van der Waals surface area contributed by atoms with Crippen LogP contribution in [-0.2, 0) is 0 Å². The summed E-state index contributed by atoms with van der Waals surface area (Å²) in [5.41, 5.74) is 14.0. The zero-order chi connectivity index (χ0) is 25.9. The van der Waals surface area contributed by atoms with Gasteiger partial charge in [0.1, 0.15) is 17.5 Å². The third-order valence-electron chi connectivity index (χ3n) is 7.17. The summed E-state index contributed by atoms with van der Waals surface area (Å²) in [7, 11) is 0. The molecule has 11 heteroatoms. The number of hydrogen-bond donors (Lipinski definition) is 4. The molecule has 0 radical (unpaired) electrons. The van der Waals surface area contributed by atoms with Crippen LogP contribution in [0.2, 0.25) is 0 Å². The number of piperidine rings is 2. The molecule has 4 heterocycles. The predicted octanol–water partition coefficient (Wildman–Crippen LogP) is 2.67. The number of aromatic nitrogens is 4. The molecule has 0 spiro atoms. The van der Waals surface area contributed by atoms with Gasteiger partial charge in [-0.1, -0.05) is 6.07 Å². The van der Waals surface area contributed by atoms with E-state index >= 15 is 0 Å². The zero-order valence-corrected chi connectivity index (χ0v) is 21.1. The maximum absolute atomic E-state index is 14.9. The topological polar surface area (TPSA) is 142 Å². The van der Waals surface area contributed by atoms with Crippen LogP contribution < -0.4 is 26.6 Å². The third-order valence-corrected chi connectivity index (χ3v) is 7.17. The minimum atomic E-state index is -0.456. The van der Waals surface area contributed by atoms with E-state index in [0.29, 0.717) is 54.1 Å². The average Bonchev–Trinajstić information content (AvgIpc) is 3.39. The van der Waals surface area contributed by atoms with E-state index < -0.39 is 5.91 Å². The summed E-state index contributed by atoms with van der Waals surface area (Å²) >= 11 is 0. The number of amides is 1. The van der Waals surface area contributed by atoms with Gasteiger partial charge in [0, 0.05) is 38.3 Å². The van der Waals surface area contributed by atoms with Gasteiger partial charge in [-0.05, 0) is 57.2 Å². The first-order valence-electron chi connectivity index (χ1n) is 12.9. The number of aryl methyl sites for hydroxylation is 1. The van der Waals surface area contributed by atoms with E-state index in [9.17, 15) is 9.18 Å². The molecule has 2 aliphatic heterocycles. The maximum Gasteiger partial charge on any atom is 0.291 e. The molecule has 37 heavy (non-hydrogen) atoms. The van der Waals surface area contributed by atoms with Crippen molar-refractivity contribution in [1.82, 2.24) is 19.9 Å². The number of nitrogens with two attached hydrogens (primary N) is 2. The summed E-state index contributed by atoms with van der Waals surface area (Å²) in [6.07, 6.45) is 5.38. The van der Waals surface area contributed by atoms with Crippen molar-refractivity contribution in [3.63, 3.8) is 0 Å². The second kappa shape index (κ2) is 10.8. The van der Waals surface area contributed by atoms with Gasteiger partial charge in [0.2, 0.25) is 0 Å². The van der Waals surface area contributed by atoms with E-state index in [4.69, 9.17) is 11.5 Å². The van der Waals surface area contributed by atoms with Gasteiger partial charge in [-0.3, -0.25) is 4.79 Å². The minimum absolute atomic E-state index is 0.116. The SMILES string of the molecule is Cc1nc(-c2cnc(C(=O)Nc3cccc(F)c3N3CCC(CN)CC3)[nH]2)cc(N2CCC[C@@H](N)C2)n1. The lowest BCUT2D eigenvalue weighted by atomic mass is 9.96. The summed E-state index contributed by atoms with van der Waals surface area (Å²) in [6, 6.07) is 6.71. The van der Waals surface area contributed by atoms with E-state index in [2.05, 4.69) is 30.2 Å². The molecule has 10 nitrogen and oxygen atoms in total. The van der Waals surface area contributed by atoms with Crippen LogP contribution >= 0.6 is 0 Å². The van der Waals surface area contributed by atoms with Gasteiger partial charge in [0.15, 0.2) is 5.82 Å². The number of carbonyl (C=O) groups excluding carboxylic acids is 1. The number of hydrogen-bond acceptors (Lipinski definition) is 8. The van der Waals surface area contributed by atoms with Crippen LogP contribution in [0.5, 0.6) is 0 Å². The van der Waals surface area contributed by atoms with Gasteiger partial charge in [-0.15, -0.1) is 0 Å². The van der Waals surface area contributed by atoms with Crippen molar-refractivity contribution < 1.29 is 9.18 Å². The molecule has 3 aromatic rings. The average molecular weight is 508 g/mol. The number of para-hydroxylation sites is 1. The first-order chi connectivity index (χ1) is 17.9. The monoisotopic (exact) mass is 507 g/mol. The molecule has 0 saturated carbocycles. The lowest BCUT2D eigenvalue weighted by Crippen LogP contribution is -2.43. The lowest BCUT2D eigenvalue weighted by molar-refractivity contribution is 0.101. The van der Waals surface area contributed by atoms with Crippen LogP contribution in [-0.4, -0.2) is 64.6 Å². The molecule has 2 aliphatic rings. The minimum Gasteiger partial charge on any atom is -0.367 e. The van der Waals surface area contributed by atoms with Gasteiger partial charge >= 0.3 is 0 Å². The molecular weight excluding hydrogens is 473 g/mol. The smallest absolute Gasteiger partial charge is 0.291 e. The molecular formula is C26H34FN9O. The van der Waals surface area contributed by atoms with Crippen molar-refractivity contribution in [2.24, 2.45) is 17.4 Å². The fourth-order valence-corrected chi connectivity index (χ4v) is 5.15. The number of H-pyrrole nitrogens is 1. The summed E-state index contributed by atoms with van der Waals surface area (Å²) in [5, 5.41) is 2.84. The van der Waals surface area contributed by atoms with Crippen LogP contribution in [0.4, 0.5) is 21.6 Å². The Hall–Kier alpha value is -3.57. The Morgan fingerprint density at radius 1 is 1.19 bits per heavy atom. The van der Waals surface area contributed by atoms with Gasteiger partial charge in [0.25, 0.3) is 5.91 Å². The van der Waals surface area contributed by atoms with Gasteiger partial charge < -0.3 is 31.6 Å². The normalized spacial score (nSPS) is 18.8. The molecule has 0 aliphatic carbocycles. The molecule has 1 atom stereocenters. The van der Waals surface area contributed by atoms with E-state index in [1.807, 2.05) is 17.9 Å². The first-order valence-corrected chi connectivity index (χ1v) is 12.9. The van der Waals surface area contributed by atoms with E-state index in [-0.39, 0.29) is 17.7 Å². The van der Waals surface area contributed by atoms with Gasteiger partial charge in [-0.25, -0.2) is 19.3 Å². The molecule has 0 unspecified atom stereocenters. The van der Waals surface area contributed by atoms with Crippen molar-refractivity contribution >= 4 is 23.1 Å². The highest BCUT2D eigenvalue weighted by Gasteiger charge is 2.25. The number of rotatable bonds is 6. The Morgan fingerprint density at radius 3 is 2.76 bits per heavy atom. The fraction of sp³-hybridized carbons (Fsp3) is 0.462. The number of anilines is 3. The van der Waals surface area contributed by atoms with Crippen molar-refractivity contribution in [2.75, 3.05) is 47.8 Å². The van der Waals surface area contributed by atoms with Crippen molar-refractivity contribution in [2.45, 2.75) is 38.6 Å². The Bertz CT molecular complexity index is 1250. The fourth-order valence-electron chi connectivity index (χ4n) is 5.15. The summed E-state index contributed by atoms with van der Waals surface area (Å²) < 4.78 is 14.9. The Kier molecular flexibility index (Phi) is 7.33. The van der Waals surface area contributed by atoms with Crippen LogP contribution in [0.15, 0.2) is 30.5 Å². The number of imidazole rings is 1. The highest BCUT2D eigenvalue weighted by molar-refractivity contribution is 6.04. The summed E-state index contributed by atoms with van der Waals surface area (Å²) in [4.78, 5) is 33.7. The predicted molar refractivity (Wildman–Crippen MR) is 142 cm³/mol. The first kappa shape index (κ1) is 25.1. The highest BCUT2D eigenvalue weighted by atomic mass is 19.1. The Labute approximate surface area is 215 Å². The lowest BCUT2D eigenvalue weighted by Gasteiger charge is -2.34. The molecule has 196 valence electrons. The number of carbonyl (C=O) groups is 1. The van der Waals surface area contributed by atoms with Crippen molar-refractivity contribution in [1.29, 1.82) is 0 Å². The Balaban J connectivity index is 1.34. The zero-order valence-electron chi connectivity index (χ0n) is 21.1. The molecule has 2 fully saturated rings. The molecule has 1 aromatic carbocycles. The van der Waals surface area contributed by atoms with Crippen molar-refractivity contribution in [3.05, 3.63) is 47.9 Å². The summed E-state index contributed by atoms with van der Waals surface area (Å²) in [6.45, 7) is 5.48. The second-order valence-corrected chi connectivity index (χ2v) is 9.91. The number of nitrogens with one attached hydrogen (secondary N) is 2. The van der Waals surface area contributed by atoms with E-state index in [1.54, 1.807) is 18.3 Å². The number of halogens is 1. The highest BCUT2D eigenvalue weighted by Crippen LogP contribution is 2.33. The van der Waals surface area contributed by atoms with Crippen LogP contribution in [0.3, 0.4) is 0 Å². The third kappa shape index (κ3) is 5.57. The molecule has 2 aromatic heterocycles. The molecule has 5 rings (SSSR count). The second-order valence-electron chi connectivity index (χ2n) is 9.91. The largest absolute Gasteiger partial charge is 0.367 e. The molecule has 2 saturated heterocycles. The van der Waals surface area contributed by atoms with Crippen LogP contribution in [0.25, 0.3) is 11.4 Å². The molecule has 6 N–H and O–H groups in total. The summed E-state index contributed by atoms with van der Waals surface area (Å²) in [5.74, 6) is 1.16. The quantitative estimate of drug-likeness (QED) is 0.399. The van der Waals surface area contributed by atoms with Crippen LogP contribution in [0.1, 0.15) is 42.1 Å². The van der Waals surface area contributed by atoms with Crippen molar-refractivity contribution in [3.8, 4) is 11.4 Å². The molecule has 0 bridgehead atoms. The van der Waals surface area contributed by atoms with Crippen LogP contribution in [0, 0.1) is 18.7 Å². The maximum atomic E-state index is 14.9. The van der Waals surface area contributed by atoms with Gasteiger partial charge in [0.05, 0.1) is 29.0 Å². The Morgan fingerprint density at radius 2 is 2.00 bits per heavy atom.